The van der Waals surface area contributed by atoms with E-state index in [1.807, 2.05) is 24.3 Å². The van der Waals surface area contributed by atoms with Crippen LogP contribution < -0.4 is 0 Å². The summed E-state index contributed by atoms with van der Waals surface area (Å²) in [5.74, 6) is -0.950. The van der Waals surface area contributed by atoms with E-state index in [-0.39, 0.29) is 18.2 Å². The van der Waals surface area contributed by atoms with E-state index in [1.165, 1.54) is 14.0 Å². The molecule has 0 bridgehead atoms. The molecule has 0 aliphatic heterocycles. The SMILES string of the molecule is COC(=O)C(CC(C)=O)c1c[nH]c2ccccc12. The molecule has 1 heterocycles. The number of Topliss-reactive ketones (excluding diaryl/α,β-unsaturated/α-hetero) is 1. The molecule has 0 amide bonds. The van der Waals surface area contributed by atoms with Crippen LogP contribution >= 0.6 is 0 Å². The number of rotatable bonds is 4. The number of carbonyl (C=O) groups excluding carboxylic acids is 2. The molecular formula is C14H15NO3. The van der Waals surface area contributed by atoms with Crippen molar-refractivity contribution in [2.75, 3.05) is 7.11 Å². The minimum atomic E-state index is -0.538. The summed E-state index contributed by atoms with van der Waals surface area (Å²) < 4.78 is 4.78. The van der Waals surface area contributed by atoms with Crippen molar-refractivity contribution < 1.29 is 14.3 Å². The van der Waals surface area contributed by atoms with Gasteiger partial charge in [-0.2, -0.15) is 0 Å². The lowest BCUT2D eigenvalue weighted by atomic mass is 9.94. The topological polar surface area (TPSA) is 59.2 Å². The zero-order valence-corrected chi connectivity index (χ0v) is 10.4. The maximum Gasteiger partial charge on any atom is 0.313 e. The number of methoxy groups -OCH3 is 1. The number of fused-ring (bicyclic) bond motifs is 1. The average Bonchev–Trinajstić information content (AvgIpc) is 2.78. The Morgan fingerprint density at radius 2 is 2.06 bits per heavy atom. The fraction of sp³-hybridized carbons (Fsp3) is 0.286. The maximum atomic E-state index is 11.8. The van der Waals surface area contributed by atoms with E-state index in [9.17, 15) is 9.59 Å². The lowest BCUT2D eigenvalue weighted by Crippen LogP contribution is -2.16. The second-order valence-corrected chi connectivity index (χ2v) is 4.27. The highest BCUT2D eigenvalue weighted by Gasteiger charge is 2.25. The van der Waals surface area contributed by atoms with Crippen LogP contribution in [0.2, 0.25) is 0 Å². The van der Waals surface area contributed by atoms with Crippen molar-refractivity contribution >= 4 is 22.7 Å². The van der Waals surface area contributed by atoms with Gasteiger partial charge in [-0.15, -0.1) is 0 Å². The molecule has 4 heteroatoms. The van der Waals surface area contributed by atoms with Crippen LogP contribution in [0.1, 0.15) is 24.8 Å². The molecule has 0 saturated heterocycles. The number of hydrogen-bond donors (Lipinski definition) is 1. The molecule has 0 spiro atoms. The first-order valence-corrected chi connectivity index (χ1v) is 5.76. The largest absolute Gasteiger partial charge is 0.469 e. The molecule has 2 aromatic rings. The zero-order valence-electron chi connectivity index (χ0n) is 10.4. The predicted octanol–water partition coefficient (Wildman–Crippen LogP) is 2.40. The Morgan fingerprint density at radius 3 is 2.72 bits per heavy atom. The molecule has 1 aromatic carbocycles. The van der Waals surface area contributed by atoms with Crippen molar-refractivity contribution in [1.82, 2.24) is 4.98 Å². The Balaban J connectivity index is 2.47. The summed E-state index contributed by atoms with van der Waals surface area (Å²) in [4.78, 5) is 26.2. The second kappa shape index (κ2) is 5.04. The van der Waals surface area contributed by atoms with Gasteiger partial charge >= 0.3 is 5.97 Å². The van der Waals surface area contributed by atoms with E-state index in [1.54, 1.807) is 6.20 Å². The average molecular weight is 245 g/mol. The van der Waals surface area contributed by atoms with Gasteiger partial charge in [0.05, 0.1) is 13.0 Å². The van der Waals surface area contributed by atoms with Crippen molar-refractivity contribution in [2.24, 2.45) is 0 Å². The molecule has 0 saturated carbocycles. The van der Waals surface area contributed by atoms with Crippen molar-refractivity contribution in [3.05, 3.63) is 36.0 Å². The van der Waals surface area contributed by atoms with E-state index in [4.69, 9.17) is 4.74 Å². The highest BCUT2D eigenvalue weighted by molar-refractivity contribution is 5.93. The van der Waals surface area contributed by atoms with Crippen LogP contribution in [0.3, 0.4) is 0 Å². The van der Waals surface area contributed by atoms with E-state index < -0.39 is 5.92 Å². The normalized spacial score (nSPS) is 12.3. The van der Waals surface area contributed by atoms with Gasteiger partial charge in [0.1, 0.15) is 5.78 Å². The minimum Gasteiger partial charge on any atom is -0.469 e. The third-order valence-corrected chi connectivity index (χ3v) is 2.97. The molecule has 1 N–H and O–H groups in total. The monoisotopic (exact) mass is 245 g/mol. The Bertz CT molecular complexity index is 585. The zero-order chi connectivity index (χ0) is 13.1. The summed E-state index contributed by atoms with van der Waals surface area (Å²) in [6.45, 7) is 1.48. The van der Waals surface area contributed by atoms with E-state index in [2.05, 4.69) is 4.98 Å². The first-order chi connectivity index (χ1) is 8.63. The van der Waals surface area contributed by atoms with Gasteiger partial charge in [-0.1, -0.05) is 18.2 Å². The van der Waals surface area contributed by atoms with Crippen LogP contribution in [0.5, 0.6) is 0 Å². The lowest BCUT2D eigenvalue weighted by Gasteiger charge is -2.12. The standard InChI is InChI=1S/C14H15NO3/c1-9(16)7-11(14(17)18-2)12-8-15-13-6-4-3-5-10(12)13/h3-6,8,11,15H,7H2,1-2H3. The van der Waals surface area contributed by atoms with Crippen molar-refractivity contribution in [1.29, 1.82) is 0 Å². The van der Waals surface area contributed by atoms with Crippen LogP contribution in [0.15, 0.2) is 30.5 Å². The number of hydrogen-bond acceptors (Lipinski definition) is 3. The number of para-hydroxylation sites is 1. The van der Waals surface area contributed by atoms with Gasteiger partial charge < -0.3 is 9.72 Å². The number of H-pyrrole nitrogens is 1. The quantitative estimate of drug-likeness (QED) is 0.841. The number of aromatic amines is 1. The van der Waals surface area contributed by atoms with E-state index in [0.717, 1.165) is 16.5 Å². The molecule has 1 unspecified atom stereocenters. The maximum absolute atomic E-state index is 11.8. The van der Waals surface area contributed by atoms with Gasteiger partial charge in [0.2, 0.25) is 0 Å². The summed E-state index contributed by atoms with van der Waals surface area (Å²) >= 11 is 0. The Labute approximate surface area is 105 Å². The van der Waals surface area contributed by atoms with Gasteiger partial charge in [0.25, 0.3) is 0 Å². The van der Waals surface area contributed by atoms with Crippen LogP contribution in [-0.4, -0.2) is 23.8 Å². The van der Waals surface area contributed by atoms with Crippen molar-refractivity contribution in [3.8, 4) is 0 Å². The number of benzene rings is 1. The second-order valence-electron chi connectivity index (χ2n) is 4.27. The van der Waals surface area contributed by atoms with Gasteiger partial charge in [0, 0.05) is 23.5 Å². The third-order valence-electron chi connectivity index (χ3n) is 2.97. The van der Waals surface area contributed by atoms with Gasteiger partial charge in [-0.05, 0) is 18.6 Å². The van der Waals surface area contributed by atoms with Gasteiger partial charge in [0.15, 0.2) is 0 Å². The highest BCUT2D eigenvalue weighted by Crippen LogP contribution is 2.29. The molecule has 2 rings (SSSR count). The fourth-order valence-corrected chi connectivity index (χ4v) is 2.13. The van der Waals surface area contributed by atoms with Crippen LogP contribution in [0, 0.1) is 0 Å². The number of nitrogens with one attached hydrogen (secondary N) is 1. The Kier molecular flexibility index (Phi) is 3.46. The minimum absolute atomic E-state index is 0.0318. The Hall–Kier alpha value is -2.10. The molecule has 0 radical (unpaired) electrons. The van der Waals surface area contributed by atoms with Crippen molar-refractivity contribution in [3.63, 3.8) is 0 Å². The first kappa shape index (κ1) is 12.4. The first-order valence-electron chi connectivity index (χ1n) is 5.76. The van der Waals surface area contributed by atoms with Crippen LogP contribution in [-0.2, 0) is 14.3 Å². The summed E-state index contributed by atoms with van der Waals surface area (Å²) in [7, 11) is 1.34. The highest BCUT2D eigenvalue weighted by atomic mass is 16.5. The van der Waals surface area contributed by atoms with Crippen LogP contribution in [0.4, 0.5) is 0 Å². The molecule has 18 heavy (non-hydrogen) atoms. The fourth-order valence-electron chi connectivity index (χ4n) is 2.13. The molecule has 0 fully saturated rings. The molecule has 4 nitrogen and oxygen atoms in total. The number of ketones is 1. The number of esters is 1. The van der Waals surface area contributed by atoms with E-state index >= 15 is 0 Å². The molecule has 1 aromatic heterocycles. The lowest BCUT2D eigenvalue weighted by molar-refractivity contribution is -0.143. The number of aromatic nitrogens is 1. The smallest absolute Gasteiger partial charge is 0.313 e. The number of ether oxygens (including phenoxy) is 1. The summed E-state index contributed by atoms with van der Waals surface area (Å²) in [5.41, 5.74) is 1.76. The van der Waals surface area contributed by atoms with E-state index in [0.29, 0.717) is 0 Å². The summed E-state index contributed by atoms with van der Waals surface area (Å²) in [6, 6.07) is 7.68. The molecule has 0 aliphatic carbocycles. The summed E-state index contributed by atoms with van der Waals surface area (Å²) in [6.07, 6.45) is 1.93. The molecule has 1 atom stereocenters. The molecular weight excluding hydrogens is 230 g/mol. The summed E-state index contributed by atoms with van der Waals surface area (Å²) in [5, 5.41) is 0.953. The number of carbonyl (C=O) groups is 2. The Morgan fingerprint density at radius 1 is 1.33 bits per heavy atom. The van der Waals surface area contributed by atoms with Crippen molar-refractivity contribution in [2.45, 2.75) is 19.3 Å². The van der Waals surface area contributed by atoms with Crippen LogP contribution in [0.25, 0.3) is 10.9 Å². The molecule has 94 valence electrons. The predicted molar refractivity (Wildman–Crippen MR) is 68.4 cm³/mol. The van der Waals surface area contributed by atoms with Gasteiger partial charge in [-0.3, -0.25) is 9.59 Å². The molecule has 0 aliphatic rings. The third kappa shape index (κ3) is 2.27. The van der Waals surface area contributed by atoms with Gasteiger partial charge in [-0.25, -0.2) is 0 Å².